The fraction of sp³-hybridized carbons (Fsp3) is 0.448. The summed E-state index contributed by atoms with van der Waals surface area (Å²) in [4.78, 5) is 11.1. The van der Waals surface area contributed by atoms with Crippen molar-refractivity contribution < 1.29 is 31.8 Å². The van der Waals surface area contributed by atoms with E-state index >= 15 is 0 Å². The maximum atomic E-state index is 15.0. The van der Waals surface area contributed by atoms with Gasteiger partial charge in [-0.3, -0.25) is 5.41 Å². The Kier molecular flexibility index (Phi) is 7.92. The lowest BCUT2D eigenvalue weighted by Crippen LogP contribution is -2.66. The van der Waals surface area contributed by atoms with Gasteiger partial charge in [0.1, 0.15) is 18.7 Å². The molecule has 4 heterocycles. The molecular weight excluding hydrogens is 584 g/mol. The van der Waals surface area contributed by atoms with Crippen LogP contribution in [0.1, 0.15) is 24.8 Å². The van der Waals surface area contributed by atoms with Gasteiger partial charge in [0.15, 0.2) is 17.4 Å². The molecule has 3 N–H and O–H groups in total. The second kappa shape index (κ2) is 11.7. The van der Waals surface area contributed by atoms with Crippen molar-refractivity contribution in [3.05, 3.63) is 48.0 Å². The van der Waals surface area contributed by atoms with E-state index in [-0.39, 0.29) is 42.2 Å². The van der Waals surface area contributed by atoms with E-state index in [1.165, 1.54) is 36.2 Å². The number of alkyl halides is 2. The number of hydrogen-bond acceptors (Lipinski definition) is 10. The summed E-state index contributed by atoms with van der Waals surface area (Å²) in [5.74, 6) is -2.92. The van der Waals surface area contributed by atoms with Crippen LogP contribution in [0.5, 0.6) is 5.75 Å². The quantitative estimate of drug-likeness (QED) is 0.122. The van der Waals surface area contributed by atoms with E-state index in [1.807, 2.05) is 4.90 Å². The largest absolute Gasteiger partial charge is 0.484 e. The van der Waals surface area contributed by atoms with Gasteiger partial charge in [-0.2, -0.15) is 9.37 Å². The fourth-order valence-corrected chi connectivity index (χ4v) is 5.89. The first kappa shape index (κ1) is 29.8. The zero-order valence-corrected chi connectivity index (χ0v) is 24.2. The van der Waals surface area contributed by atoms with Gasteiger partial charge in [-0.15, -0.1) is 5.10 Å². The summed E-state index contributed by atoms with van der Waals surface area (Å²) in [6.07, 6.45) is 3.13. The van der Waals surface area contributed by atoms with E-state index < -0.39 is 17.7 Å². The van der Waals surface area contributed by atoms with Crippen LogP contribution in [-0.2, 0) is 16.5 Å². The summed E-state index contributed by atoms with van der Waals surface area (Å²) >= 11 is 0. The predicted octanol–water partition coefficient (Wildman–Crippen LogP) is 4.64. The number of benzene rings is 1. The van der Waals surface area contributed by atoms with Gasteiger partial charge in [0.05, 0.1) is 18.8 Å². The van der Waals surface area contributed by atoms with Crippen molar-refractivity contribution in [3.63, 3.8) is 0 Å². The van der Waals surface area contributed by atoms with Crippen molar-refractivity contribution in [3.8, 4) is 17.1 Å². The van der Waals surface area contributed by atoms with Crippen LogP contribution < -0.4 is 20.3 Å². The Hall–Kier alpha value is -4.24. The maximum Gasteiger partial charge on any atom is 0.249 e. The molecule has 0 amide bonds. The highest BCUT2D eigenvalue weighted by Gasteiger charge is 2.62. The van der Waals surface area contributed by atoms with Crippen LogP contribution >= 0.6 is 0 Å². The molecule has 3 aromatic rings. The average Bonchev–Trinajstić information content (AvgIpc) is 3.58. The molecule has 3 fully saturated rings. The van der Waals surface area contributed by atoms with E-state index in [0.29, 0.717) is 60.9 Å². The highest BCUT2D eigenvalue weighted by molar-refractivity contribution is 6.17. The molecule has 3 aliphatic rings. The molecule has 0 radical (unpaired) electrons. The predicted molar refractivity (Wildman–Crippen MR) is 154 cm³/mol. The Bertz CT molecular complexity index is 1570. The average molecular weight is 617 g/mol. The third-order valence-electron chi connectivity index (χ3n) is 7.88. The number of pyridine rings is 1. The number of rotatable bonds is 11. The number of halogens is 4. The molecule has 6 rings (SSSR count). The zero-order valence-electron chi connectivity index (χ0n) is 24.2. The van der Waals surface area contributed by atoms with Gasteiger partial charge in [0, 0.05) is 81.1 Å². The molecule has 15 heteroatoms. The number of allylic oxidation sites excluding steroid dienone is 1. The first-order chi connectivity index (χ1) is 21.0. The molecule has 1 atom stereocenters. The molecule has 1 spiro atoms. The van der Waals surface area contributed by atoms with Crippen molar-refractivity contribution in [1.29, 1.82) is 5.41 Å². The first-order valence-electron chi connectivity index (χ1n) is 14.1. The summed E-state index contributed by atoms with van der Waals surface area (Å²) in [7, 11) is 3.11. The Labute approximate surface area is 250 Å². The van der Waals surface area contributed by atoms with E-state index in [1.54, 1.807) is 19.3 Å². The number of aromatic nitrogens is 4. The number of methoxy groups -OCH3 is 1. The molecule has 2 saturated heterocycles. The Balaban J connectivity index is 1.21. The third kappa shape index (κ3) is 6.06. The van der Waals surface area contributed by atoms with Crippen LogP contribution in [0.2, 0.25) is 0 Å². The molecule has 2 aromatic heterocycles. The normalized spacial score (nSPS) is 20.3. The van der Waals surface area contributed by atoms with Crippen LogP contribution in [0.3, 0.4) is 0 Å². The standard InChI is InChI=1S/C29H32F4N8O3/c1-40-27(37-18-3-4-20(22(30)8-18)21(24(31)34)10-35-16-42-2)38-25(39-40)17-7-23(44-19-5-6-43-11-19)26(36-9-17)41-14-28(15-41)12-29(32,33)13-28/h3-4,7-10,19,34-35H,5-6,11-16H2,1-2H3,(H,37,38,39)/b21-10-,34-24?. The van der Waals surface area contributed by atoms with Crippen molar-refractivity contribution in [2.75, 3.05) is 50.4 Å². The molecule has 44 heavy (non-hydrogen) atoms. The number of hydrogen-bond donors (Lipinski definition) is 3. The summed E-state index contributed by atoms with van der Waals surface area (Å²) in [5, 5.41) is 17.5. The van der Waals surface area contributed by atoms with Crippen LogP contribution in [0.25, 0.3) is 17.0 Å². The summed E-state index contributed by atoms with van der Waals surface area (Å²) < 4.78 is 74.0. The minimum atomic E-state index is -2.59. The van der Waals surface area contributed by atoms with Crippen molar-refractivity contribution in [1.82, 2.24) is 25.1 Å². The number of nitrogens with zero attached hydrogens (tertiary/aromatic N) is 5. The van der Waals surface area contributed by atoms with Crippen LogP contribution in [-0.4, -0.2) is 77.9 Å². The Morgan fingerprint density at radius 3 is 2.70 bits per heavy atom. The van der Waals surface area contributed by atoms with Gasteiger partial charge in [0.25, 0.3) is 0 Å². The molecule has 1 aliphatic carbocycles. The third-order valence-corrected chi connectivity index (χ3v) is 7.88. The summed E-state index contributed by atoms with van der Waals surface area (Å²) in [6.45, 7) is 2.08. The number of anilines is 3. The fourth-order valence-electron chi connectivity index (χ4n) is 5.89. The minimum Gasteiger partial charge on any atom is -0.484 e. The summed E-state index contributed by atoms with van der Waals surface area (Å²) in [5.41, 5.74) is 0.165. The lowest BCUT2D eigenvalue weighted by Gasteiger charge is -2.59. The van der Waals surface area contributed by atoms with Crippen LogP contribution in [0.15, 0.2) is 36.7 Å². The minimum absolute atomic E-state index is 0.0633. The number of ether oxygens (including phenoxy) is 3. The Morgan fingerprint density at radius 1 is 1.25 bits per heavy atom. The first-order valence-corrected chi connectivity index (χ1v) is 14.1. The van der Waals surface area contributed by atoms with Crippen LogP contribution in [0.4, 0.5) is 35.0 Å². The highest BCUT2D eigenvalue weighted by atomic mass is 19.3. The smallest absolute Gasteiger partial charge is 0.249 e. The van der Waals surface area contributed by atoms with E-state index in [4.69, 9.17) is 19.6 Å². The lowest BCUT2D eigenvalue weighted by molar-refractivity contribution is -0.170. The summed E-state index contributed by atoms with van der Waals surface area (Å²) in [6, 6.07) is 5.84. The monoisotopic (exact) mass is 616 g/mol. The second-order valence-corrected chi connectivity index (χ2v) is 11.4. The second-order valence-electron chi connectivity index (χ2n) is 11.4. The van der Waals surface area contributed by atoms with Gasteiger partial charge in [-0.05, 0) is 24.3 Å². The van der Waals surface area contributed by atoms with Gasteiger partial charge >= 0.3 is 0 Å². The Morgan fingerprint density at radius 2 is 2.05 bits per heavy atom. The molecule has 11 nitrogen and oxygen atoms in total. The zero-order chi connectivity index (χ0) is 31.1. The maximum absolute atomic E-state index is 15.0. The topological polar surface area (TPSA) is 122 Å². The number of nitrogens with one attached hydrogen (secondary N) is 3. The molecule has 1 saturated carbocycles. The molecule has 0 bridgehead atoms. The van der Waals surface area contributed by atoms with E-state index in [9.17, 15) is 17.6 Å². The van der Waals surface area contributed by atoms with Gasteiger partial charge in [0.2, 0.25) is 17.8 Å². The number of aryl methyl sites for hydroxylation is 1. The highest BCUT2D eigenvalue weighted by Crippen LogP contribution is 2.58. The molecule has 1 unspecified atom stereocenters. The SMILES string of the molecule is COCN/C=C(\C(=N)F)c1ccc(Nc2nc(-c3cnc(N4CC5(C4)CC(F)(F)C5)c(OC4CCOC4)c3)nn2C)cc1F. The van der Waals surface area contributed by atoms with E-state index in [2.05, 4.69) is 25.7 Å². The van der Waals surface area contributed by atoms with Crippen LogP contribution in [0, 0.1) is 16.6 Å². The van der Waals surface area contributed by atoms with Crippen molar-refractivity contribution >= 4 is 29.0 Å². The van der Waals surface area contributed by atoms with E-state index in [0.717, 1.165) is 6.42 Å². The van der Waals surface area contributed by atoms with Gasteiger partial charge < -0.3 is 29.7 Å². The molecule has 2 aliphatic heterocycles. The lowest BCUT2D eigenvalue weighted by atomic mass is 9.61. The van der Waals surface area contributed by atoms with Gasteiger partial charge in [-0.25, -0.2) is 22.8 Å². The van der Waals surface area contributed by atoms with Gasteiger partial charge in [-0.1, -0.05) is 0 Å². The van der Waals surface area contributed by atoms with Crippen molar-refractivity contribution in [2.24, 2.45) is 12.5 Å². The molecule has 1 aromatic carbocycles. The molecule has 234 valence electrons. The molecular formula is C29H32F4N8O3. The van der Waals surface area contributed by atoms with Crippen molar-refractivity contribution in [2.45, 2.75) is 31.3 Å².